The summed E-state index contributed by atoms with van der Waals surface area (Å²) in [6.07, 6.45) is 4.73. The van der Waals surface area contributed by atoms with Crippen LogP contribution in [0.1, 0.15) is 13.8 Å². The number of rotatable bonds is 4. The quantitative estimate of drug-likeness (QED) is 0.726. The Labute approximate surface area is 89.1 Å². The summed E-state index contributed by atoms with van der Waals surface area (Å²) in [5.74, 6) is 1.66. The van der Waals surface area contributed by atoms with E-state index >= 15 is 0 Å². The first-order valence-corrected chi connectivity index (χ1v) is 7.21. The minimum Gasteiger partial charge on any atom is -0.344 e. The second-order valence-electron chi connectivity index (χ2n) is 3.62. The SMILES string of the molecule is CSC[C@@H]1OC(C)(C)O[C@H]1CSC. The van der Waals surface area contributed by atoms with Crippen LogP contribution in [0, 0.1) is 0 Å². The molecule has 13 heavy (non-hydrogen) atoms. The maximum absolute atomic E-state index is 5.80. The van der Waals surface area contributed by atoms with Crippen LogP contribution in [0.15, 0.2) is 0 Å². The van der Waals surface area contributed by atoms with Crippen LogP contribution in [-0.2, 0) is 9.47 Å². The predicted octanol–water partition coefficient (Wildman–Crippen LogP) is 2.23. The Hall–Kier alpha value is 0.620. The summed E-state index contributed by atoms with van der Waals surface area (Å²) < 4.78 is 11.6. The van der Waals surface area contributed by atoms with Crippen LogP contribution in [0.5, 0.6) is 0 Å². The molecule has 0 aromatic rings. The lowest BCUT2D eigenvalue weighted by atomic mass is 10.3. The van der Waals surface area contributed by atoms with Crippen molar-refractivity contribution in [3.63, 3.8) is 0 Å². The minimum atomic E-state index is -0.388. The van der Waals surface area contributed by atoms with Gasteiger partial charge in [-0.15, -0.1) is 0 Å². The maximum atomic E-state index is 5.80. The van der Waals surface area contributed by atoms with Crippen LogP contribution >= 0.6 is 23.5 Å². The van der Waals surface area contributed by atoms with Crippen molar-refractivity contribution in [2.75, 3.05) is 24.0 Å². The van der Waals surface area contributed by atoms with Crippen LogP contribution in [0.4, 0.5) is 0 Å². The maximum Gasteiger partial charge on any atom is 0.163 e. The van der Waals surface area contributed by atoms with Crippen molar-refractivity contribution in [2.24, 2.45) is 0 Å². The second-order valence-corrected chi connectivity index (χ2v) is 5.44. The Morgan fingerprint density at radius 2 is 1.38 bits per heavy atom. The van der Waals surface area contributed by atoms with Crippen LogP contribution in [0.25, 0.3) is 0 Å². The van der Waals surface area contributed by atoms with Gasteiger partial charge in [0, 0.05) is 11.5 Å². The van der Waals surface area contributed by atoms with Gasteiger partial charge in [0.05, 0.1) is 12.2 Å². The van der Waals surface area contributed by atoms with Gasteiger partial charge in [0.1, 0.15) is 0 Å². The third-order valence-electron chi connectivity index (χ3n) is 1.95. The fourth-order valence-corrected chi connectivity index (χ4v) is 2.74. The van der Waals surface area contributed by atoms with Crippen molar-refractivity contribution in [3.05, 3.63) is 0 Å². The number of hydrogen-bond donors (Lipinski definition) is 0. The molecule has 0 amide bonds. The van der Waals surface area contributed by atoms with Crippen molar-refractivity contribution in [3.8, 4) is 0 Å². The Bertz CT molecular complexity index is 146. The zero-order valence-electron chi connectivity index (χ0n) is 8.70. The lowest BCUT2D eigenvalue weighted by Gasteiger charge is -2.16. The standard InChI is InChI=1S/C9H18O2S2/c1-9(2)10-7(5-12-3)8(11-9)6-13-4/h7-8H,5-6H2,1-4H3/t7-,8-/m0/s1. The van der Waals surface area contributed by atoms with E-state index in [2.05, 4.69) is 12.5 Å². The van der Waals surface area contributed by atoms with Gasteiger partial charge in [0.25, 0.3) is 0 Å². The summed E-state index contributed by atoms with van der Waals surface area (Å²) in [7, 11) is 0. The van der Waals surface area contributed by atoms with Crippen molar-refractivity contribution in [2.45, 2.75) is 31.8 Å². The summed E-state index contributed by atoms with van der Waals surface area (Å²) in [6.45, 7) is 3.97. The van der Waals surface area contributed by atoms with Gasteiger partial charge in [-0.2, -0.15) is 23.5 Å². The largest absolute Gasteiger partial charge is 0.344 e. The highest BCUT2D eigenvalue weighted by Crippen LogP contribution is 2.30. The molecule has 1 aliphatic heterocycles. The monoisotopic (exact) mass is 222 g/mol. The molecule has 0 bridgehead atoms. The van der Waals surface area contributed by atoms with E-state index in [1.807, 2.05) is 37.4 Å². The van der Waals surface area contributed by atoms with Gasteiger partial charge in [-0.3, -0.25) is 0 Å². The third-order valence-corrected chi connectivity index (χ3v) is 3.27. The topological polar surface area (TPSA) is 18.5 Å². The normalized spacial score (nSPS) is 32.3. The van der Waals surface area contributed by atoms with Gasteiger partial charge in [-0.1, -0.05) is 0 Å². The molecule has 0 N–H and O–H groups in total. The molecule has 1 aliphatic rings. The van der Waals surface area contributed by atoms with Gasteiger partial charge < -0.3 is 9.47 Å². The number of ether oxygens (including phenoxy) is 2. The molecule has 0 saturated carbocycles. The highest BCUT2D eigenvalue weighted by molar-refractivity contribution is 7.98. The molecule has 0 aromatic heterocycles. The number of thioether (sulfide) groups is 2. The molecule has 1 fully saturated rings. The molecule has 1 rings (SSSR count). The first-order valence-electron chi connectivity index (χ1n) is 4.42. The first-order chi connectivity index (χ1) is 6.09. The molecule has 2 atom stereocenters. The van der Waals surface area contributed by atoms with Crippen molar-refractivity contribution >= 4 is 23.5 Å². The molecule has 1 saturated heterocycles. The summed E-state index contributed by atoms with van der Waals surface area (Å²) >= 11 is 3.63. The average Bonchev–Trinajstić information content (AvgIpc) is 2.28. The highest BCUT2D eigenvalue weighted by Gasteiger charge is 2.40. The van der Waals surface area contributed by atoms with E-state index in [0.717, 1.165) is 11.5 Å². The minimum absolute atomic E-state index is 0.262. The Morgan fingerprint density at radius 1 is 1.00 bits per heavy atom. The van der Waals surface area contributed by atoms with E-state index < -0.39 is 0 Å². The van der Waals surface area contributed by atoms with Crippen molar-refractivity contribution in [1.82, 2.24) is 0 Å². The third kappa shape index (κ3) is 3.35. The van der Waals surface area contributed by atoms with Crippen LogP contribution in [0.2, 0.25) is 0 Å². The molecule has 0 unspecified atom stereocenters. The zero-order valence-corrected chi connectivity index (χ0v) is 10.3. The van der Waals surface area contributed by atoms with Crippen LogP contribution < -0.4 is 0 Å². The lowest BCUT2D eigenvalue weighted by Crippen LogP contribution is -2.26. The van der Waals surface area contributed by atoms with Crippen molar-refractivity contribution < 1.29 is 9.47 Å². The van der Waals surface area contributed by atoms with Crippen LogP contribution in [0.3, 0.4) is 0 Å². The summed E-state index contributed by atoms with van der Waals surface area (Å²) in [6, 6.07) is 0. The van der Waals surface area contributed by atoms with E-state index in [-0.39, 0.29) is 18.0 Å². The molecule has 1 heterocycles. The second kappa shape index (κ2) is 4.91. The molecule has 78 valence electrons. The van der Waals surface area contributed by atoms with Gasteiger partial charge in [0.2, 0.25) is 0 Å². The lowest BCUT2D eigenvalue weighted by molar-refractivity contribution is -0.142. The Balaban J connectivity index is 2.49. The summed E-state index contributed by atoms with van der Waals surface area (Å²) in [5.41, 5.74) is 0. The Kier molecular flexibility index (Phi) is 4.42. The van der Waals surface area contributed by atoms with Gasteiger partial charge in [-0.25, -0.2) is 0 Å². The first kappa shape index (κ1) is 11.7. The van der Waals surface area contributed by atoms with E-state index in [9.17, 15) is 0 Å². The molecule has 0 aromatic carbocycles. The summed E-state index contributed by atoms with van der Waals surface area (Å²) in [5, 5.41) is 0. The molecule has 0 aliphatic carbocycles. The van der Waals surface area contributed by atoms with E-state index in [1.165, 1.54) is 0 Å². The molecule has 0 spiro atoms. The van der Waals surface area contributed by atoms with Gasteiger partial charge >= 0.3 is 0 Å². The molecular formula is C9H18O2S2. The predicted molar refractivity (Wildman–Crippen MR) is 60.6 cm³/mol. The van der Waals surface area contributed by atoms with E-state index in [0.29, 0.717) is 0 Å². The van der Waals surface area contributed by atoms with E-state index in [4.69, 9.17) is 9.47 Å². The van der Waals surface area contributed by atoms with E-state index in [1.54, 1.807) is 0 Å². The van der Waals surface area contributed by atoms with Gasteiger partial charge in [0.15, 0.2) is 5.79 Å². The smallest absolute Gasteiger partial charge is 0.163 e. The van der Waals surface area contributed by atoms with Crippen molar-refractivity contribution in [1.29, 1.82) is 0 Å². The zero-order chi connectivity index (χ0) is 9.90. The summed E-state index contributed by atoms with van der Waals surface area (Å²) in [4.78, 5) is 0. The Morgan fingerprint density at radius 3 is 1.69 bits per heavy atom. The molecule has 0 radical (unpaired) electrons. The highest BCUT2D eigenvalue weighted by atomic mass is 32.2. The molecule has 4 heteroatoms. The number of hydrogen-bond acceptors (Lipinski definition) is 4. The average molecular weight is 222 g/mol. The van der Waals surface area contributed by atoms with Gasteiger partial charge in [-0.05, 0) is 26.4 Å². The fraction of sp³-hybridized carbons (Fsp3) is 1.00. The molecular weight excluding hydrogens is 204 g/mol. The van der Waals surface area contributed by atoms with Crippen LogP contribution in [-0.4, -0.2) is 42.0 Å². The molecule has 2 nitrogen and oxygen atoms in total. The fourth-order valence-electron chi connectivity index (χ4n) is 1.52.